The summed E-state index contributed by atoms with van der Waals surface area (Å²) in [5, 5.41) is 39.8. The summed E-state index contributed by atoms with van der Waals surface area (Å²) in [6.45, 7) is 0. The molecule has 1 amide bonds. The Morgan fingerprint density at radius 3 is 2.43 bits per heavy atom. The Hall–Kier alpha value is -4.40. The highest BCUT2D eigenvalue weighted by molar-refractivity contribution is 6.02. The average Bonchev–Trinajstić information content (AvgIpc) is 2.74. The maximum atomic E-state index is 13.2. The predicted octanol–water partition coefficient (Wildman–Crippen LogP) is 3.61. The largest absolute Gasteiger partial charge is 0.508 e. The van der Waals surface area contributed by atoms with Gasteiger partial charge in [0.25, 0.3) is 11.6 Å². The second kappa shape index (κ2) is 7.55. The number of nitro groups is 1. The van der Waals surface area contributed by atoms with Crippen LogP contribution in [0, 0.1) is 10.1 Å². The van der Waals surface area contributed by atoms with Gasteiger partial charge in [-0.1, -0.05) is 30.3 Å². The lowest BCUT2D eigenvalue weighted by Gasteiger charge is -2.34. The molecule has 0 aromatic heterocycles. The Kier molecular flexibility index (Phi) is 4.77. The van der Waals surface area contributed by atoms with Crippen molar-refractivity contribution in [3.8, 4) is 11.5 Å². The second-order valence-corrected chi connectivity index (χ2v) is 6.55. The van der Waals surface area contributed by atoms with E-state index in [0.29, 0.717) is 11.1 Å². The SMILES string of the molecule is O=C1c2ccc([N+](=O)[O-])cc2N[C@H](c2ccccc2O)N1/N=C\c1ccccc1O. The maximum absolute atomic E-state index is 13.2. The molecule has 30 heavy (non-hydrogen) atoms. The smallest absolute Gasteiger partial charge is 0.278 e. The number of nitrogens with one attached hydrogen (secondary N) is 1. The van der Waals surface area contributed by atoms with Gasteiger partial charge in [-0.05, 0) is 24.3 Å². The minimum atomic E-state index is -0.921. The zero-order valence-corrected chi connectivity index (χ0v) is 15.5. The first kappa shape index (κ1) is 18.9. The molecule has 150 valence electrons. The average molecular weight is 404 g/mol. The number of amides is 1. The number of phenolic OH excluding ortho intramolecular Hbond substituents is 2. The van der Waals surface area contributed by atoms with Crippen molar-refractivity contribution in [2.45, 2.75) is 6.17 Å². The van der Waals surface area contributed by atoms with Crippen molar-refractivity contribution in [1.82, 2.24) is 5.01 Å². The number of hydrogen-bond donors (Lipinski definition) is 3. The van der Waals surface area contributed by atoms with Crippen molar-refractivity contribution in [2.24, 2.45) is 5.10 Å². The van der Waals surface area contributed by atoms with Gasteiger partial charge in [0.2, 0.25) is 0 Å². The molecule has 3 aromatic rings. The molecule has 3 N–H and O–H groups in total. The minimum absolute atomic E-state index is 0.00574. The number of carbonyl (C=O) groups excluding carboxylic acids is 1. The van der Waals surface area contributed by atoms with Gasteiger partial charge in [-0.15, -0.1) is 0 Å². The topological polar surface area (TPSA) is 128 Å². The third kappa shape index (κ3) is 3.39. The number of nitro benzene ring substituents is 1. The summed E-state index contributed by atoms with van der Waals surface area (Å²) in [5.74, 6) is -0.591. The first-order chi connectivity index (χ1) is 14.5. The van der Waals surface area contributed by atoms with E-state index in [1.165, 1.54) is 36.5 Å². The fraction of sp³-hybridized carbons (Fsp3) is 0.0476. The van der Waals surface area contributed by atoms with Gasteiger partial charge in [0.15, 0.2) is 6.17 Å². The summed E-state index contributed by atoms with van der Waals surface area (Å²) in [6.07, 6.45) is 0.411. The summed E-state index contributed by atoms with van der Waals surface area (Å²) in [4.78, 5) is 23.7. The summed E-state index contributed by atoms with van der Waals surface area (Å²) in [5.41, 5.74) is 1.04. The van der Waals surface area contributed by atoms with E-state index >= 15 is 0 Å². The Balaban J connectivity index is 1.81. The van der Waals surface area contributed by atoms with Gasteiger partial charge >= 0.3 is 0 Å². The molecule has 1 heterocycles. The van der Waals surface area contributed by atoms with E-state index in [1.54, 1.807) is 36.4 Å². The Morgan fingerprint density at radius 2 is 1.73 bits per heavy atom. The Bertz CT molecular complexity index is 1180. The number of benzene rings is 3. The fourth-order valence-electron chi connectivity index (χ4n) is 3.17. The molecule has 0 saturated heterocycles. The summed E-state index contributed by atoms with van der Waals surface area (Å²) >= 11 is 0. The molecule has 9 heteroatoms. The molecule has 1 atom stereocenters. The van der Waals surface area contributed by atoms with Crippen molar-refractivity contribution >= 4 is 23.5 Å². The van der Waals surface area contributed by atoms with E-state index in [2.05, 4.69) is 10.4 Å². The van der Waals surface area contributed by atoms with Crippen molar-refractivity contribution < 1.29 is 19.9 Å². The highest BCUT2D eigenvalue weighted by atomic mass is 16.6. The van der Waals surface area contributed by atoms with Gasteiger partial charge in [0.05, 0.1) is 22.4 Å². The number of rotatable bonds is 4. The number of non-ortho nitro benzene ring substituents is 1. The molecular weight excluding hydrogens is 388 g/mol. The van der Waals surface area contributed by atoms with Crippen LogP contribution in [0.2, 0.25) is 0 Å². The molecule has 0 spiro atoms. The number of carbonyl (C=O) groups is 1. The molecule has 0 fully saturated rings. The van der Waals surface area contributed by atoms with Crippen LogP contribution in [0.15, 0.2) is 71.8 Å². The molecule has 3 aromatic carbocycles. The Labute approximate surface area is 170 Å². The van der Waals surface area contributed by atoms with E-state index in [0.717, 1.165) is 5.01 Å². The van der Waals surface area contributed by atoms with Crippen molar-refractivity contribution in [3.05, 3.63) is 93.5 Å². The fourth-order valence-corrected chi connectivity index (χ4v) is 3.17. The number of phenols is 2. The highest BCUT2D eigenvalue weighted by Crippen LogP contribution is 2.38. The van der Waals surface area contributed by atoms with E-state index in [-0.39, 0.29) is 28.4 Å². The first-order valence-corrected chi connectivity index (χ1v) is 8.94. The number of hydrogen-bond acceptors (Lipinski definition) is 7. The van der Waals surface area contributed by atoms with Crippen molar-refractivity contribution in [3.63, 3.8) is 0 Å². The number of nitrogens with zero attached hydrogens (tertiary/aromatic N) is 3. The van der Waals surface area contributed by atoms with Crippen LogP contribution >= 0.6 is 0 Å². The molecule has 0 aliphatic carbocycles. The zero-order valence-electron chi connectivity index (χ0n) is 15.5. The van der Waals surface area contributed by atoms with Crippen LogP contribution in [0.4, 0.5) is 11.4 Å². The molecule has 0 radical (unpaired) electrons. The van der Waals surface area contributed by atoms with Crippen LogP contribution in [0.5, 0.6) is 11.5 Å². The lowest BCUT2D eigenvalue weighted by molar-refractivity contribution is -0.384. The standard InChI is InChI=1S/C21H16N4O5/c26-18-7-3-1-5-13(18)12-22-24-20(16-6-2-4-8-19(16)27)23-17-11-14(25(29)30)9-10-15(17)21(24)28/h1-12,20,23,26-27H/b22-12-/t20-/m0/s1. The van der Waals surface area contributed by atoms with Crippen LogP contribution in [0.3, 0.4) is 0 Å². The number of anilines is 1. The number of fused-ring (bicyclic) bond motifs is 1. The molecule has 1 aliphatic heterocycles. The van der Waals surface area contributed by atoms with Crippen LogP contribution in [-0.4, -0.2) is 32.3 Å². The van der Waals surface area contributed by atoms with E-state index in [4.69, 9.17) is 0 Å². The van der Waals surface area contributed by atoms with Crippen LogP contribution < -0.4 is 5.32 Å². The van der Waals surface area contributed by atoms with Gasteiger partial charge in [-0.25, -0.2) is 5.01 Å². The third-order valence-corrected chi connectivity index (χ3v) is 4.68. The van der Waals surface area contributed by atoms with Crippen molar-refractivity contribution in [2.75, 3.05) is 5.32 Å². The molecule has 0 saturated carbocycles. The molecule has 4 rings (SSSR count). The number of para-hydroxylation sites is 2. The lowest BCUT2D eigenvalue weighted by atomic mass is 10.0. The van der Waals surface area contributed by atoms with Crippen LogP contribution in [-0.2, 0) is 0 Å². The number of hydrazone groups is 1. The minimum Gasteiger partial charge on any atom is -0.508 e. The number of aromatic hydroxyl groups is 2. The summed E-state index contributed by atoms with van der Waals surface area (Å²) < 4.78 is 0. The predicted molar refractivity (Wildman–Crippen MR) is 109 cm³/mol. The van der Waals surface area contributed by atoms with E-state index in [1.807, 2.05) is 0 Å². The van der Waals surface area contributed by atoms with E-state index in [9.17, 15) is 25.1 Å². The van der Waals surface area contributed by atoms with Gasteiger partial charge in [0.1, 0.15) is 11.5 Å². The normalized spacial score (nSPS) is 15.7. The molecule has 0 bridgehead atoms. The highest BCUT2D eigenvalue weighted by Gasteiger charge is 2.35. The summed E-state index contributed by atoms with van der Waals surface area (Å²) in [6, 6.07) is 16.8. The Morgan fingerprint density at radius 1 is 1.03 bits per heavy atom. The zero-order chi connectivity index (χ0) is 21.3. The van der Waals surface area contributed by atoms with Crippen LogP contribution in [0.25, 0.3) is 0 Å². The van der Waals surface area contributed by atoms with Gasteiger partial charge in [-0.3, -0.25) is 14.9 Å². The third-order valence-electron chi connectivity index (χ3n) is 4.68. The summed E-state index contributed by atoms with van der Waals surface area (Å²) in [7, 11) is 0. The lowest BCUT2D eigenvalue weighted by Crippen LogP contribution is -2.39. The second-order valence-electron chi connectivity index (χ2n) is 6.55. The maximum Gasteiger partial charge on any atom is 0.278 e. The van der Waals surface area contributed by atoms with Crippen molar-refractivity contribution in [1.29, 1.82) is 0 Å². The quantitative estimate of drug-likeness (QED) is 0.346. The van der Waals surface area contributed by atoms with Gasteiger partial charge in [-0.2, -0.15) is 5.10 Å². The molecule has 1 aliphatic rings. The molecular formula is C21H16N4O5. The van der Waals surface area contributed by atoms with E-state index < -0.39 is 17.0 Å². The monoisotopic (exact) mass is 404 g/mol. The first-order valence-electron chi connectivity index (χ1n) is 8.94. The molecule has 0 unspecified atom stereocenters. The van der Waals surface area contributed by atoms with Gasteiger partial charge in [0, 0.05) is 23.3 Å². The molecule has 9 nitrogen and oxygen atoms in total. The van der Waals surface area contributed by atoms with Crippen LogP contribution in [0.1, 0.15) is 27.7 Å². The van der Waals surface area contributed by atoms with Gasteiger partial charge < -0.3 is 15.5 Å².